The molecule has 1 saturated carbocycles. The number of hydrogen-bond acceptors (Lipinski definition) is 3. The quantitative estimate of drug-likeness (QED) is 0.784. The minimum atomic E-state index is 0.0175. The molecule has 1 aromatic rings. The molecule has 5 heteroatoms. The zero-order valence-electron chi connectivity index (χ0n) is 10.2. The first-order valence-electron chi connectivity index (χ1n) is 6.17. The minimum absolute atomic E-state index is 0.0175. The highest BCUT2D eigenvalue weighted by Crippen LogP contribution is 2.23. The average Bonchev–Trinajstić information content (AvgIpc) is 2.87. The summed E-state index contributed by atoms with van der Waals surface area (Å²) in [7, 11) is 1.89. The number of carbonyl (C=O) groups excluding carboxylic acids is 1. The molecular weight excluding hydrogens is 216 g/mol. The second-order valence-electron chi connectivity index (χ2n) is 4.76. The van der Waals surface area contributed by atoms with Gasteiger partial charge in [0.2, 0.25) is 5.91 Å². The van der Waals surface area contributed by atoms with Crippen molar-refractivity contribution in [3.05, 3.63) is 18.0 Å². The van der Waals surface area contributed by atoms with Gasteiger partial charge in [-0.15, -0.1) is 0 Å². The number of amides is 1. The Morgan fingerprint density at radius 1 is 1.65 bits per heavy atom. The van der Waals surface area contributed by atoms with E-state index in [1.54, 1.807) is 4.68 Å². The van der Waals surface area contributed by atoms with Gasteiger partial charge in [-0.1, -0.05) is 6.42 Å². The normalized spacial score (nSPS) is 23.9. The van der Waals surface area contributed by atoms with Crippen molar-refractivity contribution in [2.24, 2.45) is 18.7 Å². The highest BCUT2D eigenvalue weighted by atomic mass is 16.1. The lowest BCUT2D eigenvalue weighted by Crippen LogP contribution is -2.39. The van der Waals surface area contributed by atoms with Crippen molar-refractivity contribution < 1.29 is 4.79 Å². The zero-order chi connectivity index (χ0) is 12.3. The highest BCUT2D eigenvalue weighted by molar-refractivity contribution is 5.79. The van der Waals surface area contributed by atoms with E-state index in [-0.39, 0.29) is 17.9 Å². The number of aromatic nitrogens is 2. The first kappa shape index (κ1) is 12.1. The topological polar surface area (TPSA) is 72.9 Å². The molecule has 1 aliphatic rings. The van der Waals surface area contributed by atoms with Crippen LogP contribution >= 0.6 is 0 Å². The molecule has 0 aliphatic heterocycles. The Kier molecular flexibility index (Phi) is 3.78. The lowest BCUT2D eigenvalue weighted by molar-refractivity contribution is -0.125. The Morgan fingerprint density at radius 3 is 3.06 bits per heavy atom. The van der Waals surface area contributed by atoms with Crippen LogP contribution < -0.4 is 11.1 Å². The zero-order valence-corrected chi connectivity index (χ0v) is 10.2. The monoisotopic (exact) mass is 236 g/mol. The van der Waals surface area contributed by atoms with E-state index < -0.39 is 0 Å². The van der Waals surface area contributed by atoms with Crippen molar-refractivity contribution in [3.8, 4) is 0 Å². The molecule has 94 valence electrons. The summed E-state index contributed by atoms with van der Waals surface area (Å²) in [6.45, 7) is 0.660. The van der Waals surface area contributed by atoms with E-state index in [0.717, 1.165) is 31.2 Å². The molecule has 5 nitrogen and oxygen atoms in total. The number of aryl methyl sites for hydroxylation is 1. The van der Waals surface area contributed by atoms with E-state index in [1.807, 2.05) is 19.4 Å². The highest BCUT2D eigenvalue weighted by Gasteiger charge is 2.29. The number of nitrogens with two attached hydrogens (primary N) is 1. The standard InChI is InChI=1S/C12H20N4O/c1-16-8-9(7-15-16)5-6-14-12(17)10-3-2-4-11(10)13/h7-8,10-11H,2-6,13H2,1H3,(H,14,17). The molecule has 1 aliphatic carbocycles. The summed E-state index contributed by atoms with van der Waals surface area (Å²) in [5.74, 6) is 0.128. The van der Waals surface area contributed by atoms with Gasteiger partial charge in [0.1, 0.15) is 0 Å². The van der Waals surface area contributed by atoms with E-state index in [0.29, 0.717) is 6.54 Å². The van der Waals surface area contributed by atoms with Gasteiger partial charge in [0.05, 0.1) is 12.1 Å². The molecule has 0 aromatic carbocycles. The van der Waals surface area contributed by atoms with Crippen LogP contribution in [-0.4, -0.2) is 28.3 Å². The Balaban J connectivity index is 1.73. The van der Waals surface area contributed by atoms with Crippen LogP contribution in [0.3, 0.4) is 0 Å². The summed E-state index contributed by atoms with van der Waals surface area (Å²) in [5.41, 5.74) is 7.03. The molecule has 0 radical (unpaired) electrons. The van der Waals surface area contributed by atoms with Crippen LogP contribution in [0.2, 0.25) is 0 Å². The second-order valence-corrected chi connectivity index (χ2v) is 4.76. The number of nitrogens with one attached hydrogen (secondary N) is 1. The van der Waals surface area contributed by atoms with E-state index in [2.05, 4.69) is 10.4 Å². The van der Waals surface area contributed by atoms with E-state index in [4.69, 9.17) is 5.73 Å². The SMILES string of the molecule is Cn1cc(CCNC(=O)C2CCCC2N)cn1. The van der Waals surface area contributed by atoms with Gasteiger partial charge >= 0.3 is 0 Å². The van der Waals surface area contributed by atoms with Crippen LogP contribution in [-0.2, 0) is 18.3 Å². The summed E-state index contributed by atoms with van der Waals surface area (Å²) in [6.07, 6.45) is 7.59. The van der Waals surface area contributed by atoms with Crippen molar-refractivity contribution >= 4 is 5.91 Å². The van der Waals surface area contributed by atoms with Gasteiger partial charge in [0.15, 0.2) is 0 Å². The second kappa shape index (κ2) is 5.31. The molecule has 1 heterocycles. The smallest absolute Gasteiger partial charge is 0.224 e. The van der Waals surface area contributed by atoms with Crippen LogP contribution in [0.1, 0.15) is 24.8 Å². The summed E-state index contributed by atoms with van der Waals surface area (Å²) in [6, 6.07) is 0.0494. The van der Waals surface area contributed by atoms with Crippen molar-refractivity contribution in [2.75, 3.05) is 6.54 Å². The summed E-state index contributed by atoms with van der Waals surface area (Å²) in [5, 5.41) is 7.04. The average molecular weight is 236 g/mol. The van der Waals surface area contributed by atoms with Crippen LogP contribution in [0.15, 0.2) is 12.4 Å². The lowest BCUT2D eigenvalue weighted by Gasteiger charge is -2.14. The fraction of sp³-hybridized carbons (Fsp3) is 0.667. The molecule has 1 aromatic heterocycles. The molecule has 3 N–H and O–H groups in total. The molecule has 2 rings (SSSR count). The van der Waals surface area contributed by atoms with Gasteiger partial charge in [0, 0.05) is 25.8 Å². The van der Waals surface area contributed by atoms with Crippen molar-refractivity contribution in [1.82, 2.24) is 15.1 Å². The van der Waals surface area contributed by atoms with Gasteiger partial charge in [-0.25, -0.2) is 0 Å². The fourth-order valence-electron chi connectivity index (χ4n) is 2.38. The number of carbonyl (C=O) groups is 1. The number of rotatable bonds is 4. The molecule has 17 heavy (non-hydrogen) atoms. The van der Waals surface area contributed by atoms with Crippen LogP contribution in [0.25, 0.3) is 0 Å². The van der Waals surface area contributed by atoms with Gasteiger partial charge in [-0.05, 0) is 24.8 Å². The van der Waals surface area contributed by atoms with Crippen LogP contribution in [0.5, 0.6) is 0 Å². The predicted molar refractivity (Wildman–Crippen MR) is 65.2 cm³/mol. The summed E-state index contributed by atoms with van der Waals surface area (Å²) in [4.78, 5) is 11.8. The summed E-state index contributed by atoms with van der Waals surface area (Å²) < 4.78 is 1.77. The van der Waals surface area contributed by atoms with Gasteiger partial charge in [-0.3, -0.25) is 9.48 Å². The van der Waals surface area contributed by atoms with Crippen LogP contribution in [0.4, 0.5) is 0 Å². The maximum atomic E-state index is 11.8. The van der Waals surface area contributed by atoms with E-state index >= 15 is 0 Å². The Labute approximate surface area is 101 Å². The third kappa shape index (κ3) is 3.06. The molecule has 2 unspecified atom stereocenters. The predicted octanol–water partition coefficient (Wildman–Crippen LogP) is 0.206. The maximum absolute atomic E-state index is 11.8. The molecular formula is C12H20N4O. The van der Waals surface area contributed by atoms with Crippen molar-refractivity contribution in [1.29, 1.82) is 0 Å². The molecule has 2 atom stereocenters. The maximum Gasteiger partial charge on any atom is 0.224 e. The Bertz CT molecular complexity index is 388. The first-order valence-corrected chi connectivity index (χ1v) is 6.17. The third-order valence-corrected chi connectivity index (χ3v) is 3.38. The lowest BCUT2D eigenvalue weighted by atomic mass is 10.0. The third-order valence-electron chi connectivity index (χ3n) is 3.38. The van der Waals surface area contributed by atoms with Gasteiger partial charge < -0.3 is 11.1 Å². The number of hydrogen-bond donors (Lipinski definition) is 2. The fourth-order valence-corrected chi connectivity index (χ4v) is 2.38. The van der Waals surface area contributed by atoms with Crippen LogP contribution in [0, 0.1) is 5.92 Å². The van der Waals surface area contributed by atoms with E-state index in [1.165, 1.54) is 0 Å². The molecule has 1 fully saturated rings. The Morgan fingerprint density at radius 2 is 2.47 bits per heavy atom. The Hall–Kier alpha value is -1.36. The molecule has 0 bridgehead atoms. The van der Waals surface area contributed by atoms with Gasteiger partial charge in [0.25, 0.3) is 0 Å². The van der Waals surface area contributed by atoms with E-state index in [9.17, 15) is 4.79 Å². The molecule has 0 saturated heterocycles. The molecule has 1 amide bonds. The number of nitrogens with zero attached hydrogens (tertiary/aromatic N) is 2. The van der Waals surface area contributed by atoms with Crippen molar-refractivity contribution in [2.45, 2.75) is 31.7 Å². The summed E-state index contributed by atoms with van der Waals surface area (Å²) >= 11 is 0. The largest absolute Gasteiger partial charge is 0.355 e. The first-order chi connectivity index (χ1) is 8.16. The minimum Gasteiger partial charge on any atom is -0.355 e. The van der Waals surface area contributed by atoms with Crippen molar-refractivity contribution in [3.63, 3.8) is 0 Å². The van der Waals surface area contributed by atoms with Gasteiger partial charge in [-0.2, -0.15) is 5.10 Å². The molecule has 0 spiro atoms.